The number of aromatic nitrogens is 6. The Balaban J connectivity index is 1.39. The third kappa shape index (κ3) is 3.89. The number of nitrogens with zero attached hydrogens (tertiary/aromatic N) is 7. The lowest BCUT2D eigenvalue weighted by atomic mass is 10.1. The molecule has 1 aliphatic rings. The van der Waals surface area contributed by atoms with E-state index in [2.05, 4.69) is 43.9 Å². The number of carbonyl (C=O) groups excluding carboxylic acids is 1. The predicted molar refractivity (Wildman–Crippen MR) is 98.7 cm³/mol. The normalized spacial score (nSPS) is 16.3. The van der Waals surface area contributed by atoms with Gasteiger partial charge < -0.3 is 9.47 Å². The summed E-state index contributed by atoms with van der Waals surface area (Å²) in [6, 6.07) is 10.4. The first kappa shape index (κ1) is 17.4. The minimum atomic E-state index is 0.154. The summed E-state index contributed by atoms with van der Waals surface area (Å²) in [6.07, 6.45) is 5.18. The van der Waals surface area contributed by atoms with Gasteiger partial charge in [0.1, 0.15) is 18.5 Å². The van der Waals surface area contributed by atoms with Crippen LogP contribution >= 0.6 is 0 Å². The number of benzene rings is 1. The summed E-state index contributed by atoms with van der Waals surface area (Å²) in [5.74, 6) is 1.98. The fraction of sp³-hybridized carbons (Fsp3) is 0.421. The van der Waals surface area contributed by atoms with Gasteiger partial charge in [0.2, 0.25) is 5.91 Å². The number of fused-ring (bicyclic) bond motifs is 1. The van der Waals surface area contributed by atoms with E-state index in [1.807, 2.05) is 23.1 Å². The Morgan fingerprint density at radius 1 is 1.22 bits per heavy atom. The van der Waals surface area contributed by atoms with E-state index in [1.54, 1.807) is 11.0 Å². The van der Waals surface area contributed by atoms with E-state index >= 15 is 0 Å². The summed E-state index contributed by atoms with van der Waals surface area (Å²) >= 11 is 0. The van der Waals surface area contributed by atoms with Crippen LogP contribution in [0.1, 0.15) is 43.0 Å². The molecule has 0 bridgehead atoms. The zero-order valence-electron chi connectivity index (χ0n) is 15.4. The van der Waals surface area contributed by atoms with Gasteiger partial charge in [-0.3, -0.25) is 9.48 Å². The molecule has 0 unspecified atom stereocenters. The average Bonchev–Trinajstić information content (AvgIpc) is 3.33. The van der Waals surface area contributed by atoms with E-state index in [0.29, 0.717) is 26.1 Å². The molecular weight excluding hydrogens is 342 g/mol. The monoisotopic (exact) mass is 365 g/mol. The molecule has 3 aromatic rings. The first-order valence-corrected chi connectivity index (χ1v) is 9.27. The quantitative estimate of drug-likeness (QED) is 0.666. The highest BCUT2D eigenvalue weighted by atomic mass is 16.2. The van der Waals surface area contributed by atoms with Crippen LogP contribution in [-0.2, 0) is 24.3 Å². The molecule has 0 spiro atoms. The molecule has 1 amide bonds. The minimum Gasteiger partial charge on any atom is -0.333 e. The Hall–Kier alpha value is -3.03. The van der Waals surface area contributed by atoms with Gasteiger partial charge in [0.05, 0.1) is 12.6 Å². The van der Waals surface area contributed by atoms with Crippen molar-refractivity contribution in [1.82, 2.24) is 34.4 Å². The van der Waals surface area contributed by atoms with Gasteiger partial charge in [-0.2, -0.15) is 5.10 Å². The van der Waals surface area contributed by atoms with Crippen LogP contribution in [0, 0.1) is 0 Å². The molecular formula is C19H23N7O. The molecule has 0 saturated heterocycles. The van der Waals surface area contributed by atoms with Crippen LogP contribution in [0.2, 0.25) is 0 Å². The van der Waals surface area contributed by atoms with Crippen molar-refractivity contribution in [2.24, 2.45) is 0 Å². The lowest BCUT2D eigenvalue weighted by molar-refractivity contribution is -0.133. The molecule has 2 aromatic heterocycles. The van der Waals surface area contributed by atoms with Gasteiger partial charge in [0.15, 0.2) is 5.82 Å². The molecule has 0 N–H and O–H groups in total. The molecule has 1 aromatic carbocycles. The predicted octanol–water partition coefficient (Wildman–Crippen LogP) is 1.84. The largest absolute Gasteiger partial charge is 0.333 e. The maximum absolute atomic E-state index is 12.6. The zero-order chi connectivity index (χ0) is 18.6. The molecule has 4 rings (SSSR count). The molecule has 8 heteroatoms. The van der Waals surface area contributed by atoms with Gasteiger partial charge >= 0.3 is 0 Å². The van der Waals surface area contributed by atoms with Crippen LogP contribution in [0.5, 0.6) is 0 Å². The summed E-state index contributed by atoms with van der Waals surface area (Å²) in [4.78, 5) is 18.4. The van der Waals surface area contributed by atoms with E-state index in [-0.39, 0.29) is 11.9 Å². The van der Waals surface area contributed by atoms with Crippen molar-refractivity contribution in [3.63, 3.8) is 0 Å². The van der Waals surface area contributed by atoms with Gasteiger partial charge in [0.25, 0.3) is 0 Å². The van der Waals surface area contributed by atoms with Crippen molar-refractivity contribution in [3.8, 4) is 0 Å². The molecule has 27 heavy (non-hydrogen) atoms. The Kier molecular flexibility index (Phi) is 4.95. The van der Waals surface area contributed by atoms with Gasteiger partial charge in [-0.1, -0.05) is 30.3 Å². The smallest absolute Gasteiger partial charge is 0.223 e. The van der Waals surface area contributed by atoms with Crippen molar-refractivity contribution in [2.45, 2.75) is 45.3 Å². The maximum Gasteiger partial charge on any atom is 0.223 e. The number of aryl methyl sites for hydroxylation is 1. The van der Waals surface area contributed by atoms with Crippen LogP contribution in [0.3, 0.4) is 0 Å². The maximum atomic E-state index is 12.6. The Labute approximate surface area is 157 Å². The Morgan fingerprint density at radius 2 is 2.07 bits per heavy atom. The third-order valence-corrected chi connectivity index (χ3v) is 4.90. The molecule has 8 nitrogen and oxygen atoms in total. The van der Waals surface area contributed by atoms with Crippen LogP contribution in [-0.4, -0.2) is 46.9 Å². The van der Waals surface area contributed by atoms with Gasteiger partial charge in [-0.25, -0.2) is 4.98 Å². The Morgan fingerprint density at radius 3 is 2.85 bits per heavy atom. The van der Waals surface area contributed by atoms with E-state index < -0.39 is 0 Å². The van der Waals surface area contributed by atoms with Crippen molar-refractivity contribution in [3.05, 3.63) is 60.2 Å². The lowest BCUT2D eigenvalue weighted by Gasteiger charge is -2.32. The number of rotatable bonds is 6. The van der Waals surface area contributed by atoms with Crippen LogP contribution < -0.4 is 0 Å². The highest BCUT2D eigenvalue weighted by Gasteiger charge is 2.28. The van der Waals surface area contributed by atoms with Crippen molar-refractivity contribution in [1.29, 1.82) is 0 Å². The summed E-state index contributed by atoms with van der Waals surface area (Å²) < 4.78 is 3.94. The molecule has 1 aliphatic heterocycles. The van der Waals surface area contributed by atoms with E-state index in [4.69, 9.17) is 0 Å². The second kappa shape index (κ2) is 7.69. The van der Waals surface area contributed by atoms with Crippen LogP contribution in [0.25, 0.3) is 0 Å². The highest BCUT2D eigenvalue weighted by molar-refractivity contribution is 5.76. The zero-order valence-corrected chi connectivity index (χ0v) is 15.4. The molecule has 0 saturated carbocycles. The van der Waals surface area contributed by atoms with Crippen LogP contribution in [0.4, 0.5) is 0 Å². The van der Waals surface area contributed by atoms with E-state index in [0.717, 1.165) is 24.5 Å². The molecule has 0 fully saturated rings. The first-order chi connectivity index (χ1) is 13.2. The average molecular weight is 365 g/mol. The summed E-state index contributed by atoms with van der Waals surface area (Å²) in [5, 5.41) is 12.8. The van der Waals surface area contributed by atoms with Gasteiger partial charge in [0, 0.05) is 25.9 Å². The standard InChI is InChI=1S/C19H23N7O/c1-15-11-24(19(27)8-5-9-25-14-20-13-21-25)12-18-23-22-17(26(15)18)10-16-6-3-2-4-7-16/h2-4,6-7,13-15H,5,8-12H2,1H3/t15-/m0/s1. The number of hydrogen-bond acceptors (Lipinski definition) is 5. The molecule has 0 radical (unpaired) electrons. The molecule has 1 atom stereocenters. The minimum absolute atomic E-state index is 0.154. The third-order valence-electron chi connectivity index (χ3n) is 4.90. The van der Waals surface area contributed by atoms with Crippen molar-refractivity contribution >= 4 is 5.91 Å². The second-order valence-electron chi connectivity index (χ2n) is 6.95. The molecule has 0 aliphatic carbocycles. The SMILES string of the molecule is C[C@H]1CN(C(=O)CCCn2cncn2)Cc2nnc(Cc3ccccc3)n21. The number of amides is 1. The summed E-state index contributed by atoms with van der Waals surface area (Å²) in [6.45, 7) is 4.03. The lowest BCUT2D eigenvalue weighted by Crippen LogP contribution is -2.40. The Bertz CT molecular complexity index is 888. The topological polar surface area (TPSA) is 81.7 Å². The van der Waals surface area contributed by atoms with Gasteiger partial charge in [-0.15, -0.1) is 10.2 Å². The van der Waals surface area contributed by atoms with E-state index in [9.17, 15) is 4.79 Å². The molecule has 140 valence electrons. The fourth-order valence-electron chi connectivity index (χ4n) is 3.60. The first-order valence-electron chi connectivity index (χ1n) is 9.27. The number of hydrogen-bond donors (Lipinski definition) is 0. The fourth-order valence-corrected chi connectivity index (χ4v) is 3.60. The number of carbonyl (C=O) groups is 1. The van der Waals surface area contributed by atoms with Gasteiger partial charge in [-0.05, 0) is 18.9 Å². The van der Waals surface area contributed by atoms with Crippen molar-refractivity contribution < 1.29 is 4.79 Å². The summed E-state index contributed by atoms with van der Waals surface area (Å²) in [5.41, 5.74) is 1.21. The van der Waals surface area contributed by atoms with Crippen molar-refractivity contribution in [2.75, 3.05) is 6.54 Å². The van der Waals surface area contributed by atoms with Crippen LogP contribution in [0.15, 0.2) is 43.0 Å². The highest BCUT2D eigenvalue weighted by Crippen LogP contribution is 2.23. The summed E-state index contributed by atoms with van der Waals surface area (Å²) in [7, 11) is 0. The van der Waals surface area contributed by atoms with E-state index in [1.165, 1.54) is 11.9 Å². The molecule has 3 heterocycles. The second-order valence-corrected chi connectivity index (χ2v) is 6.95.